The van der Waals surface area contributed by atoms with Gasteiger partial charge in [-0.05, 0) is 45.2 Å². The number of hydrogen-bond acceptors (Lipinski definition) is 4. The van der Waals surface area contributed by atoms with E-state index in [0.717, 1.165) is 64.6 Å². The summed E-state index contributed by atoms with van der Waals surface area (Å²) in [5.74, 6) is 1.03. The van der Waals surface area contributed by atoms with Gasteiger partial charge in [0.05, 0.1) is 12.6 Å². The van der Waals surface area contributed by atoms with Crippen LogP contribution in [0.15, 0.2) is 17.1 Å². The molecule has 6 heteroatoms. The minimum atomic E-state index is 0.376. The summed E-state index contributed by atoms with van der Waals surface area (Å²) in [6, 6.07) is 4.34. The summed E-state index contributed by atoms with van der Waals surface area (Å²) in [6.45, 7) is 9.50. The number of nitrogens with zero attached hydrogens (tertiary/aromatic N) is 2. The summed E-state index contributed by atoms with van der Waals surface area (Å²) in [5.41, 5.74) is 0. The number of ether oxygens (including phenoxy) is 2. The predicted octanol–water partition coefficient (Wildman–Crippen LogP) is 3.04. The molecule has 0 saturated carbocycles. The van der Waals surface area contributed by atoms with E-state index in [2.05, 4.69) is 36.2 Å². The zero-order valence-corrected chi connectivity index (χ0v) is 16.0. The van der Waals surface area contributed by atoms with Gasteiger partial charge in [0, 0.05) is 49.7 Å². The first kappa shape index (κ1) is 19.2. The molecule has 1 aliphatic rings. The van der Waals surface area contributed by atoms with Gasteiger partial charge in [-0.3, -0.25) is 0 Å². The van der Waals surface area contributed by atoms with Crippen molar-refractivity contribution in [1.29, 1.82) is 0 Å². The summed E-state index contributed by atoms with van der Waals surface area (Å²) in [5, 5.41) is 3.43. The highest BCUT2D eigenvalue weighted by atomic mass is 32.1. The van der Waals surface area contributed by atoms with Crippen LogP contribution < -0.4 is 5.32 Å². The molecule has 0 bridgehead atoms. The Morgan fingerprint density at radius 1 is 1.33 bits per heavy atom. The Morgan fingerprint density at radius 2 is 2.12 bits per heavy atom. The lowest BCUT2D eigenvalue weighted by molar-refractivity contribution is 0.00990. The molecule has 0 aliphatic carbocycles. The quantitative estimate of drug-likeness (QED) is 0.443. The van der Waals surface area contributed by atoms with E-state index in [9.17, 15) is 0 Å². The Kier molecular flexibility index (Phi) is 8.56. The molecule has 1 aromatic heterocycles. The van der Waals surface area contributed by atoms with Crippen molar-refractivity contribution in [3.63, 3.8) is 0 Å². The topological polar surface area (TPSA) is 46.1 Å². The number of rotatable bonds is 8. The van der Waals surface area contributed by atoms with E-state index in [4.69, 9.17) is 14.5 Å². The number of aliphatic imine (C=N–C) groups is 1. The highest BCUT2D eigenvalue weighted by Crippen LogP contribution is 2.17. The van der Waals surface area contributed by atoms with Crippen molar-refractivity contribution in [1.82, 2.24) is 10.2 Å². The Balaban J connectivity index is 1.79. The molecule has 0 unspecified atom stereocenters. The molecule has 5 nitrogen and oxygen atoms in total. The van der Waals surface area contributed by atoms with Gasteiger partial charge in [-0.25, -0.2) is 4.99 Å². The fraction of sp³-hybridized carbons (Fsp3) is 0.722. The molecule has 1 saturated heterocycles. The van der Waals surface area contributed by atoms with Gasteiger partial charge in [0.25, 0.3) is 0 Å². The standard InChI is InChI=1S/C18H31N3O2S/c1-4-19-18(20-14-17-7-6-15(2)24-17)21-10-8-16(9-11-21)23-13-5-12-22-3/h6-7,16H,4-5,8-14H2,1-3H3,(H,19,20). The second-order valence-electron chi connectivity index (χ2n) is 6.09. The number of guanidine groups is 1. The van der Waals surface area contributed by atoms with Crippen molar-refractivity contribution in [3.05, 3.63) is 21.9 Å². The zero-order valence-electron chi connectivity index (χ0n) is 15.2. The predicted molar refractivity (Wildman–Crippen MR) is 101 cm³/mol. The average Bonchev–Trinajstić information content (AvgIpc) is 3.01. The van der Waals surface area contributed by atoms with E-state index in [1.165, 1.54) is 9.75 Å². The fourth-order valence-electron chi connectivity index (χ4n) is 2.84. The maximum atomic E-state index is 5.94. The lowest BCUT2D eigenvalue weighted by Crippen LogP contribution is -2.47. The number of aryl methyl sites for hydroxylation is 1. The molecule has 0 atom stereocenters. The Hall–Kier alpha value is -1.11. The van der Waals surface area contributed by atoms with Gasteiger partial charge in [-0.15, -0.1) is 11.3 Å². The second kappa shape index (κ2) is 10.7. The lowest BCUT2D eigenvalue weighted by Gasteiger charge is -2.34. The second-order valence-corrected chi connectivity index (χ2v) is 7.46. The average molecular weight is 354 g/mol. The van der Waals surface area contributed by atoms with Crippen LogP contribution in [0.5, 0.6) is 0 Å². The highest BCUT2D eigenvalue weighted by Gasteiger charge is 2.21. The SMILES string of the molecule is CCNC(=NCc1ccc(C)s1)N1CCC(OCCCOC)CC1. The molecular formula is C18H31N3O2S. The van der Waals surface area contributed by atoms with E-state index in [-0.39, 0.29) is 0 Å². The number of piperidine rings is 1. The molecular weight excluding hydrogens is 322 g/mol. The van der Waals surface area contributed by atoms with Gasteiger partial charge in [0.1, 0.15) is 0 Å². The molecule has 0 aromatic carbocycles. The summed E-state index contributed by atoms with van der Waals surface area (Å²) in [7, 11) is 1.73. The Morgan fingerprint density at radius 3 is 2.75 bits per heavy atom. The van der Waals surface area contributed by atoms with Gasteiger partial charge in [0.2, 0.25) is 0 Å². The van der Waals surface area contributed by atoms with Crippen LogP contribution in [0.3, 0.4) is 0 Å². The molecule has 1 aliphatic heterocycles. The Bertz CT molecular complexity index is 496. The zero-order chi connectivity index (χ0) is 17.2. The van der Waals surface area contributed by atoms with Crippen LogP contribution in [0.4, 0.5) is 0 Å². The van der Waals surface area contributed by atoms with Gasteiger partial charge >= 0.3 is 0 Å². The summed E-state index contributed by atoms with van der Waals surface area (Å²) in [6.07, 6.45) is 3.48. The van der Waals surface area contributed by atoms with E-state index in [0.29, 0.717) is 6.10 Å². The molecule has 2 heterocycles. The van der Waals surface area contributed by atoms with Crippen LogP contribution >= 0.6 is 11.3 Å². The van der Waals surface area contributed by atoms with Crippen molar-refractivity contribution in [2.45, 2.75) is 45.8 Å². The van der Waals surface area contributed by atoms with Crippen LogP contribution in [0, 0.1) is 6.92 Å². The molecule has 0 radical (unpaired) electrons. The monoisotopic (exact) mass is 353 g/mol. The first-order valence-electron chi connectivity index (χ1n) is 8.92. The normalized spacial score (nSPS) is 16.6. The first-order chi connectivity index (χ1) is 11.7. The van der Waals surface area contributed by atoms with Crippen molar-refractivity contribution < 1.29 is 9.47 Å². The minimum absolute atomic E-state index is 0.376. The number of nitrogens with one attached hydrogen (secondary N) is 1. The van der Waals surface area contributed by atoms with Gasteiger partial charge in [-0.1, -0.05) is 0 Å². The summed E-state index contributed by atoms with van der Waals surface area (Å²) in [4.78, 5) is 9.84. The van der Waals surface area contributed by atoms with Crippen molar-refractivity contribution >= 4 is 17.3 Å². The van der Waals surface area contributed by atoms with Crippen LogP contribution in [0.1, 0.15) is 35.9 Å². The molecule has 136 valence electrons. The first-order valence-corrected chi connectivity index (χ1v) is 9.73. The summed E-state index contributed by atoms with van der Waals surface area (Å²) < 4.78 is 11.0. The number of thiophene rings is 1. The van der Waals surface area contributed by atoms with E-state index >= 15 is 0 Å². The molecule has 1 fully saturated rings. The van der Waals surface area contributed by atoms with Crippen LogP contribution in [0.2, 0.25) is 0 Å². The van der Waals surface area contributed by atoms with Gasteiger partial charge in [0.15, 0.2) is 5.96 Å². The van der Waals surface area contributed by atoms with Crippen molar-refractivity contribution in [2.24, 2.45) is 4.99 Å². The molecule has 1 aromatic rings. The van der Waals surface area contributed by atoms with Crippen LogP contribution in [0.25, 0.3) is 0 Å². The van der Waals surface area contributed by atoms with Crippen molar-refractivity contribution in [2.75, 3.05) is 40.0 Å². The highest BCUT2D eigenvalue weighted by molar-refractivity contribution is 7.11. The number of hydrogen-bond donors (Lipinski definition) is 1. The third-order valence-corrected chi connectivity index (χ3v) is 5.09. The third-order valence-electron chi connectivity index (χ3n) is 4.10. The van der Waals surface area contributed by atoms with Gasteiger partial charge < -0.3 is 19.7 Å². The maximum absolute atomic E-state index is 5.94. The molecule has 0 spiro atoms. The van der Waals surface area contributed by atoms with Crippen molar-refractivity contribution in [3.8, 4) is 0 Å². The summed E-state index contributed by atoms with van der Waals surface area (Å²) >= 11 is 1.82. The lowest BCUT2D eigenvalue weighted by atomic mass is 10.1. The third kappa shape index (κ3) is 6.42. The molecule has 0 amide bonds. The minimum Gasteiger partial charge on any atom is -0.385 e. The smallest absolute Gasteiger partial charge is 0.194 e. The van der Waals surface area contributed by atoms with Gasteiger partial charge in [-0.2, -0.15) is 0 Å². The van der Waals surface area contributed by atoms with E-state index in [1.807, 2.05) is 11.3 Å². The van der Waals surface area contributed by atoms with E-state index < -0.39 is 0 Å². The number of methoxy groups -OCH3 is 1. The molecule has 24 heavy (non-hydrogen) atoms. The Labute approximate surface area is 150 Å². The van der Waals surface area contributed by atoms with Crippen LogP contribution in [-0.2, 0) is 16.0 Å². The fourth-order valence-corrected chi connectivity index (χ4v) is 3.65. The molecule has 2 rings (SSSR count). The maximum Gasteiger partial charge on any atom is 0.194 e. The van der Waals surface area contributed by atoms with Crippen LogP contribution in [-0.4, -0.2) is 56.9 Å². The largest absolute Gasteiger partial charge is 0.385 e. The molecule has 1 N–H and O–H groups in total. The van der Waals surface area contributed by atoms with E-state index in [1.54, 1.807) is 7.11 Å². The number of likely N-dealkylation sites (tertiary alicyclic amines) is 1.